The van der Waals surface area contributed by atoms with Crippen LogP contribution in [-0.4, -0.2) is 31.8 Å². The summed E-state index contributed by atoms with van der Waals surface area (Å²) in [4.78, 5) is 2.10. The fourth-order valence-corrected chi connectivity index (χ4v) is 4.31. The first-order valence-corrected chi connectivity index (χ1v) is 8.57. The molecule has 27 heavy (non-hydrogen) atoms. The van der Waals surface area contributed by atoms with Crippen LogP contribution in [0.3, 0.4) is 0 Å². The van der Waals surface area contributed by atoms with E-state index in [4.69, 9.17) is 15.2 Å². The highest BCUT2D eigenvalue weighted by Gasteiger charge is 2.54. The maximum atomic E-state index is 10.0. The first kappa shape index (κ1) is 17.0. The van der Waals surface area contributed by atoms with E-state index in [-0.39, 0.29) is 24.0 Å². The minimum atomic E-state index is -1.63. The van der Waals surface area contributed by atoms with E-state index in [1.165, 1.54) is 0 Å². The number of nitriles is 3. The predicted molar refractivity (Wildman–Crippen MR) is 94.9 cm³/mol. The molecule has 0 fully saturated rings. The van der Waals surface area contributed by atoms with Crippen molar-refractivity contribution in [1.29, 1.82) is 15.8 Å². The number of hydrogen-bond acceptors (Lipinski definition) is 7. The fraction of sp³-hybridized carbons (Fsp3) is 0.350. The van der Waals surface area contributed by atoms with Gasteiger partial charge in [0.2, 0.25) is 6.79 Å². The Hall–Kier alpha value is -3.47. The van der Waals surface area contributed by atoms with Gasteiger partial charge in [-0.15, -0.1) is 0 Å². The molecule has 0 bridgehead atoms. The summed E-state index contributed by atoms with van der Waals surface area (Å²) in [6, 6.07) is 11.8. The zero-order valence-corrected chi connectivity index (χ0v) is 14.8. The number of ether oxygens (including phenoxy) is 2. The first-order valence-electron chi connectivity index (χ1n) is 8.57. The summed E-state index contributed by atoms with van der Waals surface area (Å²) in [5.41, 5.74) is 6.53. The molecule has 2 heterocycles. The molecule has 0 saturated carbocycles. The van der Waals surface area contributed by atoms with E-state index in [0.717, 1.165) is 11.1 Å². The molecule has 2 atom stereocenters. The summed E-state index contributed by atoms with van der Waals surface area (Å²) >= 11 is 0. The molecule has 134 valence electrons. The number of allylic oxidation sites excluding steroid dienone is 2. The molecule has 3 aliphatic rings. The molecule has 7 heteroatoms. The fourth-order valence-electron chi connectivity index (χ4n) is 4.31. The van der Waals surface area contributed by atoms with E-state index in [9.17, 15) is 15.8 Å². The molecular formula is C20H17N5O2. The van der Waals surface area contributed by atoms with Crippen molar-refractivity contribution in [2.45, 2.75) is 5.92 Å². The second-order valence-corrected chi connectivity index (χ2v) is 7.01. The molecule has 0 amide bonds. The van der Waals surface area contributed by atoms with Gasteiger partial charge in [0.05, 0.1) is 23.4 Å². The highest BCUT2D eigenvalue weighted by Crippen LogP contribution is 2.54. The van der Waals surface area contributed by atoms with Crippen LogP contribution < -0.4 is 15.2 Å². The van der Waals surface area contributed by atoms with Gasteiger partial charge in [-0.25, -0.2) is 0 Å². The van der Waals surface area contributed by atoms with Crippen LogP contribution in [-0.2, 0) is 0 Å². The number of rotatable bonds is 1. The van der Waals surface area contributed by atoms with Crippen LogP contribution in [0.5, 0.6) is 11.5 Å². The molecule has 0 saturated heterocycles. The number of fused-ring (bicyclic) bond motifs is 2. The molecule has 2 unspecified atom stereocenters. The summed E-state index contributed by atoms with van der Waals surface area (Å²) < 4.78 is 10.9. The van der Waals surface area contributed by atoms with Crippen LogP contribution in [0.2, 0.25) is 0 Å². The van der Waals surface area contributed by atoms with Gasteiger partial charge in [0, 0.05) is 24.9 Å². The van der Waals surface area contributed by atoms with Crippen LogP contribution in [0.15, 0.2) is 41.1 Å². The van der Waals surface area contributed by atoms with E-state index >= 15 is 0 Å². The molecule has 2 aliphatic heterocycles. The Balaban J connectivity index is 1.98. The highest BCUT2D eigenvalue weighted by atomic mass is 16.7. The molecule has 7 nitrogen and oxygen atoms in total. The Labute approximate surface area is 157 Å². The lowest BCUT2D eigenvalue weighted by atomic mass is 9.58. The third kappa shape index (κ3) is 2.28. The van der Waals surface area contributed by atoms with Gasteiger partial charge in [0.1, 0.15) is 6.07 Å². The van der Waals surface area contributed by atoms with Gasteiger partial charge >= 0.3 is 0 Å². The van der Waals surface area contributed by atoms with Gasteiger partial charge in [-0.2, -0.15) is 15.8 Å². The summed E-state index contributed by atoms with van der Waals surface area (Å²) in [5.74, 6) is 0.492. The van der Waals surface area contributed by atoms with Crippen molar-refractivity contribution in [3.63, 3.8) is 0 Å². The second kappa shape index (κ2) is 6.06. The van der Waals surface area contributed by atoms with Crippen molar-refractivity contribution < 1.29 is 9.47 Å². The van der Waals surface area contributed by atoms with Crippen molar-refractivity contribution >= 4 is 0 Å². The Bertz CT molecular complexity index is 991. The Morgan fingerprint density at radius 3 is 2.63 bits per heavy atom. The molecule has 0 spiro atoms. The summed E-state index contributed by atoms with van der Waals surface area (Å²) in [6.07, 6.45) is 1.97. The Kier molecular flexibility index (Phi) is 3.81. The van der Waals surface area contributed by atoms with E-state index in [2.05, 4.69) is 23.1 Å². The van der Waals surface area contributed by atoms with Crippen molar-refractivity contribution in [1.82, 2.24) is 4.90 Å². The highest BCUT2D eigenvalue weighted by molar-refractivity contribution is 5.60. The van der Waals surface area contributed by atoms with E-state index in [1.54, 1.807) is 6.07 Å². The number of likely N-dealkylation sites (N-methyl/N-ethyl adjacent to an activating group) is 1. The van der Waals surface area contributed by atoms with Gasteiger partial charge in [-0.3, -0.25) is 0 Å². The lowest BCUT2D eigenvalue weighted by Crippen LogP contribution is -2.47. The Morgan fingerprint density at radius 2 is 1.93 bits per heavy atom. The zero-order chi connectivity index (χ0) is 19.2. The number of hydrogen-bond donors (Lipinski definition) is 1. The van der Waals surface area contributed by atoms with Crippen molar-refractivity contribution in [2.24, 2.45) is 17.1 Å². The van der Waals surface area contributed by atoms with Crippen molar-refractivity contribution in [3.8, 4) is 29.7 Å². The van der Waals surface area contributed by atoms with Crippen molar-refractivity contribution in [2.75, 3.05) is 26.9 Å². The average Bonchev–Trinajstić information content (AvgIpc) is 3.15. The van der Waals surface area contributed by atoms with Gasteiger partial charge in [-0.1, -0.05) is 12.1 Å². The number of nitrogens with two attached hydrogens (primary N) is 1. The first-order chi connectivity index (χ1) is 13.1. The topological polar surface area (TPSA) is 119 Å². The van der Waals surface area contributed by atoms with Crippen LogP contribution in [0.1, 0.15) is 11.5 Å². The summed E-state index contributed by atoms with van der Waals surface area (Å²) in [7, 11) is 1.97. The van der Waals surface area contributed by atoms with Gasteiger partial charge in [-0.05, 0) is 30.3 Å². The van der Waals surface area contributed by atoms with Gasteiger partial charge in [0.25, 0.3) is 0 Å². The second-order valence-electron chi connectivity index (χ2n) is 7.01. The zero-order valence-electron chi connectivity index (χ0n) is 14.8. The maximum absolute atomic E-state index is 10.0. The lowest BCUT2D eigenvalue weighted by Gasteiger charge is -2.45. The molecule has 1 aromatic rings. The molecule has 1 aliphatic carbocycles. The van der Waals surface area contributed by atoms with Crippen LogP contribution in [0.4, 0.5) is 0 Å². The molecule has 1 aromatic carbocycles. The Morgan fingerprint density at radius 1 is 1.19 bits per heavy atom. The number of nitrogens with zero attached hydrogens (tertiary/aromatic N) is 4. The predicted octanol–water partition coefficient (Wildman–Crippen LogP) is 1.77. The van der Waals surface area contributed by atoms with E-state index in [1.807, 2.05) is 25.3 Å². The smallest absolute Gasteiger partial charge is 0.231 e. The van der Waals surface area contributed by atoms with E-state index in [0.29, 0.717) is 24.6 Å². The summed E-state index contributed by atoms with van der Waals surface area (Å²) in [6.45, 7) is 1.45. The van der Waals surface area contributed by atoms with Crippen LogP contribution in [0, 0.1) is 45.3 Å². The van der Waals surface area contributed by atoms with Crippen LogP contribution >= 0.6 is 0 Å². The molecule has 0 radical (unpaired) electrons. The lowest BCUT2D eigenvalue weighted by molar-refractivity contribution is 0.174. The molecule has 2 N–H and O–H groups in total. The standard InChI is InChI=1S/C20H17N5O2/c1-25-5-4-13-14(7-21)19(24)20(9-22,10-23)18(15(13)8-25)12-2-3-16-17(6-12)27-11-26-16/h2-4,6,15,18H,5,8,11,24H2,1H3. The van der Waals surface area contributed by atoms with E-state index < -0.39 is 11.3 Å². The third-order valence-electron chi connectivity index (χ3n) is 5.60. The quantitative estimate of drug-likeness (QED) is 0.811. The SMILES string of the molecule is CN1CC=C2C(C#N)=C(N)C(C#N)(C#N)C(c3ccc4c(c3)OCO4)C2C1. The normalized spacial score (nSPS) is 25.6. The minimum Gasteiger partial charge on any atom is -0.454 e. The van der Waals surface area contributed by atoms with Crippen molar-refractivity contribution in [3.05, 3.63) is 46.7 Å². The maximum Gasteiger partial charge on any atom is 0.231 e. The largest absolute Gasteiger partial charge is 0.454 e. The number of benzene rings is 1. The van der Waals surface area contributed by atoms with Gasteiger partial charge < -0.3 is 20.1 Å². The summed E-state index contributed by atoms with van der Waals surface area (Å²) in [5, 5.41) is 29.7. The molecule has 4 rings (SSSR count). The average molecular weight is 359 g/mol. The third-order valence-corrected chi connectivity index (χ3v) is 5.60. The van der Waals surface area contributed by atoms with Gasteiger partial charge in [0.15, 0.2) is 16.9 Å². The minimum absolute atomic E-state index is 0.0321. The molecule has 0 aromatic heterocycles. The monoisotopic (exact) mass is 359 g/mol. The van der Waals surface area contributed by atoms with Crippen LogP contribution in [0.25, 0.3) is 0 Å². The molecular weight excluding hydrogens is 342 g/mol.